The van der Waals surface area contributed by atoms with E-state index >= 15 is 0 Å². The van der Waals surface area contributed by atoms with E-state index in [4.69, 9.17) is 0 Å². The maximum Gasteiger partial charge on any atom is 0.239 e. The molecule has 2 aliphatic rings. The van der Waals surface area contributed by atoms with Crippen LogP contribution in [0.3, 0.4) is 0 Å². The van der Waals surface area contributed by atoms with E-state index in [0.717, 1.165) is 64.0 Å². The first kappa shape index (κ1) is 16.8. The third kappa shape index (κ3) is 4.43. The zero-order valence-corrected chi connectivity index (χ0v) is 13.7. The molecule has 2 fully saturated rings. The van der Waals surface area contributed by atoms with Gasteiger partial charge in [0.05, 0.1) is 11.6 Å². The first-order chi connectivity index (χ1) is 10.1. The molecular weight excluding hydrogens is 264 g/mol. The molecular formula is C17H32N2O2. The van der Waals surface area contributed by atoms with Crippen LogP contribution in [0.25, 0.3) is 0 Å². The van der Waals surface area contributed by atoms with Gasteiger partial charge in [-0.1, -0.05) is 20.3 Å². The summed E-state index contributed by atoms with van der Waals surface area (Å²) in [4.78, 5) is 14.4. The molecule has 1 unspecified atom stereocenters. The van der Waals surface area contributed by atoms with Crippen molar-refractivity contribution >= 4 is 5.91 Å². The van der Waals surface area contributed by atoms with Crippen LogP contribution in [0.15, 0.2) is 0 Å². The van der Waals surface area contributed by atoms with Crippen molar-refractivity contribution in [2.75, 3.05) is 19.6 Å². The molecule has 0 radical (unpaired) electrons. The van der Waals surface area contributed by atoms with Crippen molar-refractivity contribution in [2.24, 2.45) is 5.92 Å². The summed E-state index contributed by atoms with van der Waals surface area (Å²) in [6.07, 6.45) is 8.14. The Morgan fingerprint density at radius 1 is 1.29 bits per heavy atom. The highest BCUT2D eigenvalue weighted by Crippen LogP contribution is 2.34. The number of nitrogens with one attached hydrogen (secondary N) is 1. The van der Waals surface area contributed by atoms with Crippen LogP contribution in [0.2, 0.25) is 0 Å². The third-order valence-corrected chi connectivity index (χ3v) is 5.27. The predicted octanol–water partition coefficient (Wildman–Crippen LogP) is 2.31. The van der Waals surface area contributed by atoms with E-state index in [2.05, 4.69) is 19.2 Å². The van der Waals surface area contributed by atoms with Gasteiger partial charge in [0.25, 0.3) is 0 Å². The number of aliphatic hydroxyl groups is 1. The van der Waals surface area contributed by atoms with Gasteiger partial charge in [-0.3, -0.25) is 4.79 Å². The van der Waals surface area contributed by atoms with Crippen molar-refractivity contribution in [1.29, 1.82) is 0 Å². The molecule has 21 heavy (non-hydrogen) atoms. The lowest BCUT2D eigenvalue weighted by atomic mass is 9.77. The summed E-state index contributed by atoms with van der Waals surface area (Å²) >= 11 is 0. The molecule has 4 heteroatoms. The van der Waals surface area contributed by atoms with Crippen LogP contribution in [0.1, 0.15) is 65.2 Å². The number of nitrogens with zero attached hydrogens (tertiary/aromatic N) is 1. The summed E-state index contributed by atoms with van der Waals surface area (Å²) in [5.41, 5.74) is -0.645. The molecule has 1 saturated carbocycles. The second-order valence-corrected chi connectivity index (χ2v) is 6.98. The molecule has 2 rings (SSSR count). The monoisotopic (exact) mass is 296 g/mol. The smallest absolute Gasteiger partial charge is 0.239 e. The standard InChI is InChI=1S/C17H32N2O2/c1-3-11-18-15-6-5-12-19(16(15)20)13-17(21)9-7-14(4-2)8-10-17/h14-15,18,21H,3-13H2,1-2H3. The summed E-state index contributed by atoms with van der Waals surface area (Å²) < 4.78 is 0. The lowest BCUT2D eigenvalue weighted by Gasteiger charge is -2.42. The van der Waals surface area contributed by atoms with Crippen molar-refractivity contribution in [3.8, 4) is 0 Å². The lowest BCUT2D eigenvalue weighted by molar-refractivity contribution is -0.141. The van der Waals surface area contributed by atoms with Gasteiger partial charge in [-0.25, -0.2) is 0 Å². The zero-order chi connectivity index (χ0) is 15.3. The first-order valence-corrected chi connectivity index (χ1v) is 8.82. The van der Waals surface area contributed by atoms with Gasteiger partial charge in [0.1, 0.15) is 0 Å². The van der Waals surface area contributed by atoms with Gasteiger partial charge in [0, 0.05) is 13.1 Å². The normalized spacial score (nSPS) is 34.2. The fourth-order valence-corrected chi connectivity index (χ4v) is 3.74. The predicted molar refractivity (Wildman–Crippen MR) is 85.1 cm³/mol. The number of amides is 1. The Morgan fingerprint density at radius 3 is 2.62 bits per heavy atom. The molecule has 0 aromatic heterocycles. The Morgan fingerprint density at radius 2 is 2.00 bits per heavy atom. The van der Waals surface area contributed by atoms with Gasteiger partial charge < -0.3 is 15.3 Å². The van der Waals surface area contributed by atoms with Crippen LogP contribution in [0.5, 0.6) is 0 Å². The van der Waals surface area contributed by atoms with Crippen LogP contribution in [0, 0.1) is 5.92 Å². The fraction of sp³-hybridized carbons (Fsp3) is 0.941. The molecule has 0 spiro atoms. The lowest BCUT2D eigenvalue weighted by Crippen LogP contribution is -2.55. The van der Waals surface area contributed by atoms with E-state index in [9.17, 15) is 9.90 Å². The van der Waals surface area contributed by atoms with Gasteiger partial charge in [-0.2, -0.15) is 0 Å². The Balaban J connectivity index is 1.88. The van der Waals surface area contributed by atoms with E-state index in [0.29, 0.717) is 6.54 Å². The fourth-order valence-electron chi connectivity index (χ4n) is 3.74. The highest BCUT2D eigenvalue weighted by atomic mass is 16.3. The molecule has 0 bridgehead atoms. The van der Waals surface area contributed by atoms with E-state index in [1.54, 1.807) is 0 Å². The molecule has 1 saturated heterocycles. The summed E-state index contributed by atoms with van der Waals surface area (Å²) in [6.45, 7) is 6.59. The Hall–Kier alpha value is -0.610. The minimum absolute atomic E-state index is 0.0331. The van der Waals surface area contributed by atoms with Gasteiger partial charge >= 0.3 is 0 Å². The van der Waals surface area contributed by atoms with Crippen molar-refractivity contribution in [1.82, 2.24) is 10.2 Å². The third-order valence-electron chi connectivity index (χ3n) is 5.27. The Labute approximate surface area is 129 Å². The van der Waals surface area contributed by atoms with Crippen LogP contribution < -0.4 is 5.32 Å². The number of piperidine rings is 1. The molecule has 1 heterocycles. The number of carbonyl (C=O) groups excluding carboxylic acids is 1. The summed E-state index contributed by atoms with van der Waals surface area (Å²) in [5, 5.41) is 14.1. The quantitative estimate of drug-likeness (QED) is 0.791. The number of carbonyl (C=O) groups is 1. The van der Waals surface area contributed by atoms with Crippen LogP contribution in [0.4, 0.5) is 0 Å². The minimum atomic E-state index is -0.645. The van der Waals surface area contributed by atoms with E-state index in [-0.39, 0.29) is 11.9 Å². The summed E-state index contributed by atoms with van der Waals surface area (Å²) in [5.74, 6) is 0.960. The van der Waals surface area contributed by atoms with Crippen LogP contribution in [-0.2, 0) is 4.79 Å². The van der Waals surface area contributed by atoms with Crippen molar-refractivity contribution < 1.29 is 9.90 Å². The van der Waals surface area contributed by atoms with Gasteiger partial charge in [0.15, 0.2) is 0 Å². The van der Waals surface area contributed by atoms with Gasteiger partial charge in [-0.05, 0) is 57.4 Å². The average Bonchev–Trinajstić information content (AvgIpc) is 2.49. The topological polar surface area (TPSA) is 52.6 Å². The van der Waals surface area contributed by atoms with Crippen molar-refractivity contribution in [3.63, 3.8) is 0 Å². The Kier molecular flexibility index (Phi) is 6.06. The minimum Gasteiger partial charge on any atom is -0.388 e. The maximum absolute atomic E-state index is 12.5. The van der Waals surface area contributed by atoms with Crippen LogP contribution >= 0.6 is 0 Å². The molecule has 4 nitrogen and oxygen atoms in total. The number of hydrogen-bond donors (Lipinski definition) is 2. The van der Waals surface area contributed by atoms with E-state index in [1.165, 1.54) is 6.42 Å². The number of rotatable bonds is 6. The molecule has 2 N–H and O–H groups in total. The SMILES string of the molecule is CCCNC1CCCN(CC2(O)CCC(CC)CC2)C1=O. The van der Waals surface area contributed by atoms with Crippen molar-refractivity contribution in [2.45, 2.75) is 76.9 Å². The number of β-amino-alcohol motifs (C(OH)–C–C–N with tert-alkyl or cyclic N) is 1. The molecule has 0 aromatic rings. The Bertz CT molecular complexity index is 338. The summed E-state index contributed by atoms with van der Waals surface area (Å²) in [6, 6.07) is -0.0331. The number of likely N-dealkylation sites (tertiary alicyclic amines) is 1. The van der Waals surface area contributed by atoms with Crippen LogP contribution in [-0.4, -0.2) is 47.2 Å². The highest BCUT2D eigenvalue weighted by molar-refractivity contribution is 5.82. The number of hydrogen-bond acceptors (Lipinski definition) is 3. The second-order valence-electron chi connectivity index (χ2n) is 6.98. The zero-order valence-electron chi connectivity index (χ0n) is 13.7. The molecule has 0 aromatic carbocycles. The average molecular weight is 296 g/mol. The molecule has 1 amide bonds. The first-order valence-electron chi connectivity index (χ1n) is 8.82. The van der Waals surface area contributed by atoms with Gasteiger partial charge in [0.2, 0.25) is 5.91 Å². The molecule has 122 valence electrons. The molecule has 1 aliphatic heterocycles. The highest BCUT2D eigenvalue weighted by Gasteiger charge is 2.38. The van der Waals surface area contributed by atoms with Crippen molar-refractivity contribution in [3.05, 3.63) is 0 Å². The largest absolute Gasteiger partial charge is 0.388 e. The van der Waals surface area contributed by atoms with E-state index < -0.39 is 5.60 Å². The van der Waals surface area contributed by atoms with E-state index in [1.807, 2.05) is 4.90 Å². The second kappa shape index (κ2) is 7.59. The maximum atomic E-state index is 12.5. The van der Waals surface area contributed by atoms with Gasteiger partial charge in [-0.15, -0.1) is 0 Å². The molecule has 1 atom stereocenters. The summed E-state index contributed by atoms with van der Waals surface area (Å²) in [7, 11) is 0. The molecule has 1 aliphatic carbocycles.